The summed E-state index contributed by atoms with van der Waals surface area (Å²) in [6.45, 7) is 1.36. The fourth-order valence-electron chi connectivity index (χ4n) is 2.78. The number of hydrogen-bond acceptors (Lipinski definition) is 4. The molecule has 3 atom stereocenters. The Hall–Kier alpha value is -1.63. The molecule has 146 valence electrons. The van der Waals surface area contributed by atoms with Gasteiger partial charge in [0.1, 0.15) is 12.7 Å². The largest absolute Gasteiger partial charge is 0.391 e. The zero-order valence-corrected chi connectivity index (χ0v) is 16.7. The summed E-state index contributed by atoms with van der Waals surface area (Å²) in [5, 5.41) is 23.7. The monoisotopic (exact) mass is 411 g/mol. The van der Waals surface area contributed by atoms with Gasteiger partial charge in [-0.1, -0.05) is 47.5 Å². The molecule has 0 fully saturated rings. The summed E-state index contributed by atoms with van der Waals surface area (Å²) in [6.07, 6.45) is -1.72. The maximum absolute atomic E-state index is 11.8. The number of nitrogens with one attached hydrogen (secondary N) is 1. The van der Waals surface area contributed by atoms with Crippen LogP contribution in [0.2, 0.25) is 10.0 Å². The molecule has 1 amide bonds. The number of benzene rings is 2. The summed E-state index contributed by atoms with van der Waals surface area (Å²) in [5.74, 6) is -0.354. The third-order valence-electron chi connectivity index (χ3n) is 4.13. The number of hydrogen-bond donors (Lipinski definition) is 3. The van der Waals surface area contributed by atoms with E-state index in [0.29, 0.717) is 16.5 Å². The van der Waals surface area contributed by atoms with Crippen LogP contribution < -0.4 is 5.32 Å². The average Bonchev–Trinajstić information content (AvgIpc) is 2.60. The lowest BCUT2D eigenvalue weighted by molar-refractivity contribution is -0.127. The highest BCUT2D eigenvalue weighted by atomic mass is 35.5. The molecule has 2 aromatic carbocycles. The maximum Gasteiger partial charge on any atom is 0.246 e. The Labute approximate surface area is 168 Å². The lowest BCUT2D eigenvalue weighted by Gasteiger charge is -2.26. The first-order valence-electron chi connectivity index (χ1n) is 8.50. The van der Waals surface area contributed by atoms with Crippen LogP contribution in [0.1, 0.15) is 12.5 Å². The first-order chi connectivity index (χ1) is 12.8. The summed E-state index contributed by atoms with van der Waals surface area (Å²) < 4.78 is 4.80. The van der Waals surface area contributed by atoms with E-state index in [4.69, 9.17) is 27.9 Å². The fraction of sp³-hybridized carbons (Fsp3) is 0.350. The minimum atomic E-state index is -1.10. The molecule has 27 heavy (non-hydrogen) atoms. The molecular weight excluding hydrogens is 389 g/mol. The Morgan fingerprint density at radius 3 is 2.19 bits per heavy atom. The summed E-state index contributed by atoms with van der Waals surface area (Å²) in [5.41, 5.74) is 2.74. The zero-order valence-electron chi connectivity index (χ0n) is 15.2. The number of halogens is 2. The number of carbonyl (C=O) groups is 1. The highest BCUT2D eigenvalue weighted by molar-refractivity contribution is 6.35. The van der Waals surface area contributed by atoms with Crippen molar-refractivity contribution in [3.63, 3.8) is 0 Å². The number of carbonyl (C=O) groups excluding carboxylic acids is 1. The number of amides is 1. The molecule has 0 heterocycles. The minimum Gasteiger partial charge on any atom is -0.391 e. The molecule has 0 saturated carbocycles. The molecule has 0 saturated heterocycles. The van der Waals surface area contributed by atoms with Crippen molar-refractivity contribution in [2.75, 3.05) is 13.7 Å². The number of aliphatic hydroxyl groups is 2. The van der Waals surface area contributed by atoms with Crippen LogP contribution in [0.25, 0.3) is 11.1 Å². The second-order valence-corrected chi connectivity index (χ2v) is 7.27. The van der Waals surface area contributed by atoms with E-state index in [1.54, 1.807) is 6.07 Å². The number of rotatable bonds is 8. The molecule has 0 aliphatic rings. The highest BCUT2D eigenvalue weighted by Crippen LogP contribution is 2.27. The zero-order chi connectivity index (χ0) is 20.0. The van der Waals surface area contributed by atoms with Gasteiger partial charge in [0.15, 0.2) is 0 Å². The van der Waals surface area contributed by atoms with Crippen LogP contribution in [-0.2, 0) is 16.0 Å². The van der Waals surface area contributed by atoms with Crippen molar-refractivity contribution in [2.24, 2.45) is 0 Å². The predicted octanol–water partition coefficient (Wildman–Crippen LogP) is 3.08. The number of ether oxygens (including phenoxy) is 1. The van der Waals surface area contributed by atoms with E-state index >= 15 is 0 Å². The Balaban J connectivity index is 2.16. The molecule has 0 unspecified atom stereocenters. The van der Waals surface area contributed by atoms with Gasteiger partial charge in [0.2, 0.25) is 5.91 Å². The van der Waals surface area contributed by atoms with E-state index in [-0.39, 0.29) is 12.5 Å². The van der Waals surface area contributed by atoms with Crippen LogP contribution in [-0.4, -0.2) is 48.1 Å². The van der Waals surface area contributed by atoms with Gasteiger partial charge in [-0.2, -0.15) is 0 Å². The van der Waals surface area contributed by atoms with Gasteiger partial charge in [-0.05, 0) is 48.2 Å². The lowest BCUT2D eigenvalue weighted by Crippen LogP contribution is -2.49. The van der Waals surface area contributed by atoms with E-state index in [2.05, 4.69) is 5.32 Å². The standard InChI is InChI=1S/C20H23Cl2NO4/c1-12(24)20(26)18(23-19(25)11-27-2)7-13-3-5-14(6-4-13)15-8-16(21)10-17(22)9-15/h3-6,8-10,12,18,20,24,26H,7,11H2,1-2H3,(H,23,25)/t12-,18-,20+/m0/s1. The maximum atomic E-state index is 11.8. The van der Waals surface area contributed by atoms with Crippen molar-refractivity contribution < 1.29 is 19.7 Å². The molecule has 2 rings (SSSR count). The summed E-state index contributed by atoms with van der Waals surface area (Å²) >= 11 is 12.1. The molecule has 0 spiro atoms. The number of aliphatic hydroxyl groups excluding tert-OH is 2. The normalized spacial score (nSPS) is 14.4. The first kappa shape index (κ1) is 21.7. The van der Waals surface area contributed by atoms with E-state index in [1.165, 1.54) is 14.0 Å². The summed E-state index contributed by atoms with van der Waals surface area (Å²) in [4.78, 5) is 11.8. The minimum absolute atomic E-state index is 0.114. The van der Waals surface area contributed by atoms with E-state index in [9.17, 15) is 15.0 Å². The van der Waals surface area contributed by atoms with Crippen molar-refractivity contribution in [2.45, 2.75) is 31.6 Å². The third kappa shape index (κ3) is 6.48. The van der Waals surface area contributed by atoms with Gasteiger partial charge < -0.3 is 20.3 Å². The Morgan fingerprint density at radius 2 is 1.67 bits per heavy atom. The summed E-state index contributed by atoms with van der Waals surface area (Å²) in [6, 6.07) is 12.3. The molecule has 5 nitrogen and oxygen atoms in total. The predicted molar refractivity (Wildman–Crippen MR) is 107 cm³/mol. The van der Waals surface area contributed by atoms with Crippen molar-refractivity contribution in [1.29, 1.82) is 0 Å². The van der Waals surface area contributed by atoms with E-state index in [1.807, 2.05) is 36.4 Å². The van der Waals surface area contributed by atoms with Crippen LogP contribution in [0.5, 0.6) is 0 Å². The topological polar surface area (TPSA) is 78.8 Å². The molecule has 0 bridgehead atoms. The van der Waals surface area contributed by atoms with Gasteiger partial charge in [-0.25, -0.2) is 0 Å². The van der Waals surface area contributed by atoms with Gasteiger partial charge in [-0.3, -0.25) is 4.79 Å². The molecule has 0 aliphatic heterocycles. The molecule has 3 N–H and O–H groups in total. The first-order valence-corrected chi connectivity index (χ1v) is 9.25. The van der Waals surface area contributed by atoms with Crippen LogP contribution in [0.15, 0.2) is 42.5 Å². The SMILES string of the molecule is COCC(=O)N[C@@H](Cc1ccc(-c2cc(Cl)cc(Cl)c2)cc1)[C@H](O)[C@H](C)O. The van der Waals surface area contributed by atoms with Gasteiger partial charge in [0.25, 0.3) is 0 Å². The Bertz CT molecular complexity index is 745. The van der Waals surface area contributed by atoms with Crippen molar-refractivity contribution in [3.05, 3.63) is 58.1 Å². The fourth-order valence-corrected chi connectivity index (χ4v) is 3.31. The third-order valence-corrected chi connectivity index (χ3v) is 4.57. The molecular formula is C20H23Cl2NO4. The van der Waals surface area contributed by atoms with Crippen molar-refractivity contribution in [1.82, 2.24) is 5.32 Å². The lowest BCUT2D eigenvalue weighted by atomic mass is 9.96. The second-order valence-electron chi connectivity index (χ2n) is 6.40. The van der Waals surface area contributed by atoms with Gasteiger partial charge in [0, 0.05) is 17.2 Å². The molecule has 0 radical (unpaired) electrons. The molecule has 2 aromatic rings. The molecule has 7 heteroatoms. The van der Waals surface area contributed by atoms with Crippen LogP contribution in [0, 0.1) is 0 Å². The molecule has 0 aliphatic carbocycles. The van der Waals surface area contributed by atoms with Crippen LogP contribution >= 0.6 is 23.2 Å². The van der Waals surface area contributed by atoms with Crippen LogP contribution in [0.4, 0.5) is 0 Å². The van der Waals surface area contributed by atoms with Gasteiger partial charge in [-0.15, -0.1) is 0 Å². The Morgan fingerprint density at radius 1 is 1.07 bits per heavy atom. The quantitative estimate of drug-likeness (QED) is 0.623. The smallest absolute Gasteiger partial charge is 0.246 e. The van der Waals surface area contributed by atoms with E-state index in [0.717, 1.165) is 16.7 Å². The van der Waals surface area contributed by atoms with Gasteiger partial charge >= 0.3 is 0 Å². The summed E-state index contributed by atoms with van der Waals surface area (Å²) in [7, 11) is 1.42. The van der Waals surface area contributed by atoms with Crippen LogP contribution in [0.3, 0.4) is 0 Å². The van der Waals surface area contributed by atoms with E-state index < -0.39 is 18.2 Å². The number of methoxy groups -OCH3 is 1. The van der Waals surface area contributed by atoms with Crippen molar-refractivity contribution in [3.8, 4) is 11.1 Å². The average molecular weight is 412 g/mol. The van der Waals surface area contributed by atoms with Gasteiger partial charge in [0.05, 0.1) is 12.1 Å². The highest BCUT2D eigenvalue weighted by Gasteiger charge is 2.25. The second kappa shape index (κ2) is 10.1. The molecule has 0 aromatic heterocycles. The van der Waals surface area contributed by atoms with Crippen molar-refractivity contribution >= 4 is 29.1 Å². The Kier molecular flexibility index (Phi) is 8.07.